The van der Waals surface area contributed by atoms with E-state index in [9.17, 15) is 4.79 Å². The third-order valence-electron chi connectivity index (χ3n) is 6.31. The molecule has 1 saturated heterocycles. The standard InChI is InChI=1S/C30H36FN3O2/c1-23-19-28(34(21-24-11-7-5-8-12-24)22-25-13-9-6-10-14-25)26(31)20-27(23)32-15-17-33(18-16-32)29(35)36-30(2,3)4/h5-14,19-20H,15-18,21-22H2,1-4H3. The molecular weight excluding hydrogens is 453 g/mol. The first kappa shape index (κ1) is 25.5. The number of piperazine rings is 1. The van der Waals surface area contributed by atoms with Crippen LogP contribution >= 0.6 is 0 Å². The van der Waals surface area contributed by atoms with Gasteiger partial charge in [-0.1, -0.05) is 60.7 Å². The zero-order valence-corrected chi connectivity index (χ0v) is 21.7. The fraction of sp³-hybridized carbons (Fsp3) is 0.367. The number of benzene rings is 3. The Balaban J connectivity index is 1.52. The molecule has 1 heterocycles. The van der Waals surface area contributed by atoms with E-state index in [-0.39, 0.29) is 11.9 Å². The van der Waals surface area contributed by atoms with E-state index < -0.39 is 5.60 Å². The van der Waals surface area contributed by atoms with Crippen LogP contribution in [-0.4, -0.2) is 42.8 Å². The number of halogens is 1. The van der Waals surface area contributed by atoms with E-state index in [2.05, 4.69) is 34.1 Å². The quantitative estimate of drug-likeness (QED) is 0.402. The van der Waals surface area contributed by atoms with Gasteiger partial charge in [-0.2, -0.15) is 0 Å². The fourth-order valence-electron chi connectivity index (χ4n) is 4.53. The van der Waals surface area contributed by atoms with Crippen LogP contribution < -0.4 is 9.80 Å². The Morgan fingerprint density at radius 1 is 0.889 bits per heavy atom. The summed E-state index contributed by atoms with van der Waals surface area (Å²) in [6.45, 7) is 11.2. The summed E-state index contributed by atoms with van der Waals surface area (Å²) in [6.07, 6.45) is -0.294. The van der Waals surface area contributed by atoms with Crippen molar-refractivity contribution in [2.24, 2.45) is 0 Å². The maximum atomic E-state index is 15.7. The Labute approximate surface area is 214 Å². The lowest BCUT2D eigenvalue weighted by Gasteiger charge is -2.37. The van der Waals surface area contributed by atoms with E-state index in [1.807, 2.05) is 70.2 Å². The molecule has 36 heavy (non-hydrogen) atoms. The van der Waals surface area contributed by atoms with E-state index >= 15 is 4.39 Å². The van der Waals surface area contributed by atoms with Crippen molar-refractivity contribution in [1.82, 2.24) is 4.90 Å². The molecule has 1 aliphatic rings. The highest BCUT2D eigenvalue weighted by Gasteiger charge is 2.27. The Bertz CT molecular complexity index is 1110. The zero-order valence-electron chi connectivity index (χ0n) is 21.7. The van der Waals surface area contributed by atoms with Gasteiger partial charge in [0.25, 0.3) is 0 Å². The average Bonchev–Trinajstić information content (AvgIpc) is 2.85. The minimum absolute atomic E-state index is 0.239. The Kier molecular flexibility index (Phi) is 7.82. The number of carbonyl (C=O) groups excluding carboxylic acids is 1. The van der Waals surface area contributed by atoms with Crippen molar-refractivity contribution in [2.75, 3.05) is 36.0 Å². The molecule has 5 nitrogen and oxygen atoms in total. The summed E-state index contributed by atoms with van der Waals surface area (Å²) >= 11 is 0. The second-order valence-corrected chi connectivity index (χ2v) is 10.4. The molecule has 190 valence electrons. The van der Waals surface area contributed by atoms with Crippen LogP contribution in [0.5, 0.6) is 0 Å². The van der Waals surface area contributed by atoms with E-state index in [0.717, 1.165) is 22.4 Å². The molecule has 0 N–H and O–H groups in total. The molecule has 0 bridgehead atoms. The predicted octanol–water partition coefficient (Wildman–Crippen LogP) is 6.40. The van der Waals surface area contributed by atoms with Crippen LogP contribution in [0.3, 0.4) is 0 Å². The van der Waals surface area contributed by atoms with Crippen LogP contribution in [0.25, 0.3) is 0 Å². The van der Waals surface area contributed by atoms with Crippen molar-refractivity contribution in [2.45, 2.75) is 46.4 Å². The molecule has 0 saturated carbocycles. The van der Waals surface area contributed by atoms with Crippen molar-refractivity contribution in [3.63, 3.8) is 0 Å². The van der Waals surface area contributed by atoms with E-state index in [1.165, 1.54) is 0 Å². The minimum Gasteiger partial charge on any atom is -0.444 e. The van der Waals surface area contributed by atoms with Gasteiger partial charge in [-0.3, -0.25) is 0 Å². The van der Waals surface area contributed by atoms with Crippen LogP contribution in [0.15, 0.2) is 72.8 Å². The molecule has 0 radical (unpaired) electrons. The first-order chi connectivity index (χ1) is 17.2. The molecule has 0 aliphatic carbocycles. The largest absolute Gasteiger partial charge is 0.444 e. The molecule has 3 aromatic carbocycles. The van der Waals surface area contributed by atoms with Gasteiger partial charge >= 0.3 is 6.09 Å². The summed E-state index contributed by atoms with van der Waals surface area (Å²) < 4.78 is 21.2. The van der Waals surface area contributed by atoms with Crippen molar-refractivity contribution >= 4 is 17.5 Å². The Hall–Kier alpha value is -3.54. The summed E-state index contributed by atoms with van der Waals surface area (Å²) in [5.74, 6) is -0.239. The van der Waals surface area contributed by atoms with Crippen molar-refractivity contribution < 1.29 is 13.9 Å². The number of aryl methyl sites for hydroxylation is 1. The van der Waals surface area contributed by atoms with Gasteiger partial charge in [0.2, 0.25) is 0 Å². The first-order valence-corrected chi connectivity index (χ1v) is 12.6. The van der Waals surface area contributed by atoms with Crippen LogP contribution in [0.2, 0.25) is 0 Å². The molecule has 0 aromatic heterocycles. The third-order valence-corrected chi connectivity index (χ3v) is 6.31. The maximum Gasteiger partial charge on any atom is 0.410 e. The molecule has 0 unspecified atom stereocenters. The van der Waals surface area contributed by atoms with Crippen molar-refractivity contribution in [3.05, 3.63) is 95.3 Å². The fourth-order valence-corrected chi connectivity index (χ4v) is 4.53. The van der Waals surface area contributed by atoms with Crippen LogP contribution in [-0.2, 0) is 17.8 Å². The third kappa shape index (κ3) is 6.56. The van der Waals surface area contributed by atoms with Gasteiger partial charge < -0.3 is 19.4 Å². The lowest BCUT2D eigenvalue weighted by Crippen LogP contribution is -2.50. The molecule has 6 heteroatoms. The second-order valence-electron chi connectivity index (χ2n) is 10.4. The molecule has 0 spiro atoms. The van der Waals surface area contributed by atoms with E-state index in [1.54, 1.807) is 11.0 Å². The lowest BCUT2D eigenvalue weighted by molar-refractivity contribution is 0.0240. The van der Waals surface area contributed by atoms with Gasteiger partial charge in [-0.05, 0) is 56.5 Å². The van der Waals surface area contributed by atoms with Crippen LogP contribution in [0, 0.1) is 12.7 Å². The second kappa shape index (κ2) is 11.0. The minimum atomic E-state index is -0.519. The highest BCUT2D eigenvalue weighted by atomic mass is 19.1. The number of carbonyl (C=O) groups is 1. The summed E-state index contributed by atoms with van der Waals surface area (Å²) in [5, 5.41) is 0. The van der Waals surface area contributed by atoms with Crippen LogP contribution in [0.1, 0.15) is 37.5 Å². The molecule has 4 rings (SSSR count). The molecule has 1 aliphatic heterocycles. The number of ether oxygens (including phenoxy) is 1. The summed E-state index contributed by atoms with van der Waals surface area (Å²) in [5.41, 5.74) is 4.23. The molecule has 3 aromatic rings. The molecule has 1 amide bonds. The lowest BCUT2D eigenvalue weighted by atomic mass is 10.1. The summed E-state index contributed by atoms with van der Waals surface area (Å²) in [4.78, 5) is 18.4. The average molecular weight is 490 g/mol. The van der Waals surface area contributed by atoms with Gasteiger partial charge in [0.1, 0.15) is 11.4 Å². The molecule has 0 atom stereocenters. The zero-order chi connectivity index (χ0) is 25.7. The first-order valence-electron chi connectivity index (χ1n) is 12.6. The molecule has 1 fully saturated rings. The van der Waals surface area contributed by atoms with E-state index in [0.29, 0.717) is 45.0 Å². The van der Waals surface area contributed by atoms with Crippen molar-refractivity contribution in [1.29, 1.82) is 0 Å². The summed E-state index contributed by atoms with van der Waals surface area (Å²) in [6, 6.07) is 23.9. The molecular formula is C30H36FN3O2. The van der Waals surface area contributed by atoms with Crippen molar-refractivity contribution in [3.8, 4) is 0 Å². The number of hydrogen-bond acceptors (Lipinski definition) is 4. The number of nitrogens with zero attached hydrogens (tertiary/aromatic N) is 3. The Morgan fingerprint density at radius 2 is 1.42 bits per heavy atom. The number of hydrogen-bond donors (Lipinski definition) is 0. The van der Waals surface area contributed by atoms with Gasteiger partial charge in [-0.15, -0.1) is 0 Å². The SMILES string of the molecule is Cc1cc(N(Cc2ccccc2)Cc2ccccc2)c(F)cc1N1CCN(C(=O)OC(C)(C)C)CC1. The van der Waals surface area contributed by atoms with Crippen LogP contribution in [0.4, 0.5) is 20.6 Å². The van der Waals surface area contributed by atoms with E-state index in [4.69, 9.17) is 4.74 Å². The van der Waals surface area contributed by atoms with Gasteiger partial charge in [0.05, 0.1) is 5.69 Å². The normalized spacial score (nSPS) is 14.0. The van der Waals surface area contributed by atoms with Gasteiger partial charge in [-0.25, -0.2) is 9.18 Å². The number of amides is 1. The maximum absolute atomic E-state index is 15.7. The van der Waals surface area contributed by atoms with Gasteiger partial charge in [0.15, 0.2) is 0 Å². The smallest absolute Gasteiger partial charge is 0.410 e. The Morgan fingerprint density at radius 3 is 1.92 bits per heavy atom. The highest BCUT2D eigenvalue weighted by Crippen LogP contribution is 2.32. The van der Waals surface area contributed by atoms with Gasteiger partial charge in [0, 0.05) is 45.0 Å². The summed E-state index contributed by atoms with van der Waals surface area (Å²) in [7, 11) is 0. The number of rotatable bonds is 6. The highest BCUT2D eigenvalue weighted by molar-refractivity contribution is 5.69. The number of anilines is 2. The predicted molar refractivity (Wildman–Crippen MR) is 144 cm³/mol. The topological polar surface area (TPSA) is 36.0 Å². The monoisotopic (exact) mass is 489 g/mol.